The highest BCUT2D eigenvalue weighted by Gasteiger charge is 2.28. The first-order valence-electron chi connectivity index (χ1n) is 6.85. The molecule has 0 aromatic heterocycles. The van der Waals surface area contributed by atoms with Crippen LogP contribution in [0.4, 0.5) is 0 Å². The van der Waals surface area contributed by atoms with E-state index in [2.05, 4.69) is 5.32 Å². The smallest absolute Gasteiger partial charge is 0.326 e. The molecular formula is C16H23NO4. The van der Waals surface area contributed by atoms with E-state index in [1.165, 1.54) is 0 Å². The minimum Gasteiger partial charge on any atom is -0.508 e. The summed E-state index contributed by atoms with van der Waals surface area (Å²) >= 11 is 0. The van der Waals surface area contributed by atoms with Crippen LogP contribution in [0.5, 0.6) is 5.75 Å². The summed E-state index contributed by atoms with van der Waals surface area (Å²) in [4.78, 5) is 23.4. The summed E-state index contributed by atoms with van der Waals surface area (Å²) in [5.74, 6) is -1.22. The number of hydrogen-bond donors (Lipinski definition) is 3. The topological polar surface area (TPSA) is 86.6 Å². The number of nitrogens with one attached hydrogen (secondary N) is 1. The van der Waals surface area contributed by atoms with Crippen LogP contribution in [0, 0.1) is 19.3 Å². The maximum absolute atomic E-state index is 12.0. The standard InChI is InChI=1S/C16H23NO4/c1-9-6-11(18)7-10(2)12(9)8-13(14(19)20)17-15(21)16(3,4)5/h6-7,13,18H,8H2,1-5H3,(H,17,21)(H,19,20)/t13-/m0/s1. The van der Waals surface area contributed by atoms with E-state index < -0.39 is 17.4 Å². The van der Waals surface area contributed by atoms with Gasteiger partial charge in [0.1, 0.15) is 11.8 Å². The first kappa shape index (κ1) is 17.0. The Balaban J connectivity index is 3.00. The van der Waals surface area contributed by atoms with Crippen LogP contribution >= 0.6 is 0 Å². The number of carboxylic acids is 1. The van der Waals surface area contributed by atoms with Gasteiger partial charge in [0.15, 0.2) is 0 Å². The molecule has 1 aromatic rings. The van der Waals surface area contributed by atoms with E-state index in [0.717, 1.165) is 16.7 Å². The molecule has 0 aliphatic rings. The second-order valence-electron chi connectivity index (χ2n) is 6.38. The average Bonchev–Trinajstić information content (AvgIpc) is 2.30. The molecule has 1 aromatic carbocycles. The number of aliphatic carboxylic acids is 1. The molecule has 116 valence electrons. The van der Waals surface area contributed by atoms with Crippen molar-refractivity contribution in [1.29, 1.82) is 0 Å². The summed E-state index contributed by atoms with van der Waals surface area (Å²) in [6, 6.07) is 2.19. The fourth-order valence-electron chi connectivity index (χ4n) is 2.07. The molecule has 0 unspecified atom stereocenters. The number of carbonyl (C=O) groups is 2. The van der Waals surface area contributed by atoms with Gasteiger partial charge in [-0.1, -0.05) is 20.8 Å². The fourth-order valence-corrected chi connectivity index (χ4v) is 2.07. The number of phenolic OH excluding ortho intramolecular Hbond substituents is 1. The molecule has 21 heavy (non-hydrogen) atoms. The molecule has 0 aliphatic heterocycles. The van der Waals surface area contributed by atoms with Gasteiger partial charge < -0.3 is 15.5 Å². The lowest BCUT2D eigenvalue weighted by molar-refractivity contribution is -0.143. The Hall–Kier alpha value is -2.04. The van der Waals surface area contributed by atoms with Crippen LogP contribution < -0.4 is 5.32 Å². The molecule has 5 heteroatoms. The second-order valence-corrected chi connectivity index (χ2v) is 6.38. The van der Waals surface area contributed by atoms with Crippen LogP contribution in [0.2, 0.25) is 0 Å². The number of carboxylic acid groups (broad SMARTS) is 1. The number of benzene rings is 1. The number of carbonyl (C=O) groups excluding carboxylic acids is 1. The van der Waals surface area contributed by atoms with Gasteiger partial charge in [0, 0.05) is 11.8 Å². The number of hydrogen-bond acceptors (Lipinski definition) is 3. The lowest BCUT2D eigenvalue weighted by atomic mass is 9.93. The van der Waals surface area contributed by atoms with E-state index in [1.54, 1.807) is 32.9 Å². The van der Waals surface area contributed by atoms with Gasteiger partial charge in [-0.3, -0.25) is 4.79 Å². The lowest BCUT2D eigenvalue weighted by Gasteiger charge is -2.23. The molecule has 1 atom stereocenters. The van der Waals surface area contributed by atoms with E-state index in [9.17, 15) is 19.8 Å². The van der Waals surface area contributed by atoms with Gasteiger partial charge in [-0.15, -0.1) is 0 Å². The summed E-state index contributed by atoms with van der Waals surface area (Å²) in [6.07, 6.45) is 0.190. The summed E-state index contributed by atoms with van der Waals surface area (Å²) in [5.41, 5.74) is 1.80. The van der Waals surface area contributed by atoms with Crippen LogP contribution in [0.1, 0.15) is 37.5 Å². The van der Waals surface area contributed by atoms with Crippen molar-refractivity contribution in [2.45, 2.75) is 47.1 Å². The molecule has 1 amide bonds. The second kappa shape index (κ2) is 6.16. The largest absolute Gasteiger partial charge is 0.508 e. The van der Waals surface area contributed by atoms with Crippen molar-refractivity contribution in [3.63, 3.8) is 0 Å². The van der Waals surface area contributed by atoms with E-state index in [0.29, 0.717) is 0 Å². The van der Waals surface area contributed by atoms with Crippen LogP contribution in [0.15, 0.2) is 12.1 Å². The number of amides is 1. The summed E-state index contributed by atoms with van der Waals surface area (Å²) < 4.78 is 0. The molecule has 0 fully saturated rings. The van der Waals surface area contributed by atoms with Gasteiger partial charge >= 0.3 is 5.97 Å². The monoisotopic (exact) mass is 293 g/mol. The Morgan fingerprint density at radius 1 is 1.19 bits per heavy atom. The molecular weight excluding hydrogens is 270 g/mol. The fraction of sp³-hybridized carbons (Fsp3) is 0.500. The third kappa shape index (κ3) is 4.48. The highest BCUT2D eigenvalue weighted by molar-refractivity contribution is 5.86. The quantitative estimate of drug-likeness (QED) is 0.794. The molecule has 3 N–H and O–H groups in total. The van der Waals surface area contributed by atoms with Gasteiger partial charge in [-0.2, -0.15) is 0 Å². The van der Waals surface area contributed by atoms with E-state index in [1.807, 2.05) is 13.8 Å². The highest BCUT2D eigenvalue weighted by Crippen LogP contribution is 2.22. The first-order valence-corrected chi connectivity index (χ1v) is 6.85. The van der Waals surface area contributed by atoms with Gasteiger partial charge in [0.2, 0.25) is 5.91 Å². The van der Waals surface area contributed by atoms with Crippen LogP contribution in [0.25, 0.3) is 0 Å². The molecule has 0 saturated heterocycles. The molecule has 5 nitrogen and oxygen atoms in total. The number of aryl methyl sites for hydroxylation is 2. The maximum atomic E-state index is 12.0. The lowest BCUT2D eigenvalue weighted by Crippen LogP contribution is -2.47. The zero-order chi connectivity index (χ0) is 16.4. The normalized spacial score (nSPS) is 12.8. The maximum Gasteiger partial charge on any atom is 0.326 e. The molecule has 0 heterocycles. The van der Waals surface area contributed by atoms with Crippen molar-refractivity contribution >= 4 is 11.9 Å². The van der Waals surface area contributed by atoms with Crippen LogP contribution in [-0.4, -0.2) is 28.1 Å². The van der Waals surface area contributed by atoms with Crippen molar-refractivity contribution in [3.8, 4) is 5.75 Å². The average molecular weight is 293 g/mol. The minimum absolute atomic E-state index is 0.152. The Kier molecular flexibility index (Phi) is 4.99. The number of aromatic hydroxyl groups is 1. The van der Waals surface area contributed by atoms with Crippen LogP contribution in [-0.2, 0) is 16.0 Å². The zero-order valence-corrected chi connectivity index (χ0v) is 13.2. The van der Waals surface area contributed by atoms with E-state index in [4.69, 9.17) is 0 Å². The molecule has 0 bridgehead atoms. The van der Waals surface area contributed by atoms with Crippen molar-refractivity contribution < 1.29 is 19.8 Å². The van der Waals surface area contributed by atoms with Gasteiger partial charge in [0.25, 0.3) is 0 Å². The van der Waals surface area contributed by atoms with E-state index in [-0.39, 0.29) is 18.1 Å². The number of rotatable bonds is 4. The Labute approximate surface area is 125 Å². The summed E-state index contributed by atoms with van der Waals surface area (Å²) in [7, 11) is 0. The predicted octanol–water partition coefficient (Wildman–Crippen LogP) is 2.17. The Bertz CT molecular complexity index is 535. The molecule has 0 radical (unpaired) electrons. The van der Waals surface area contributed by atoms with Crippen molar-refractivity contribution in [2.24, 2.45) is 5.41 Å². The third-order valence-corrected chi connectivity index (χ3v) is 3.37. The molecule has 0 spiro atoms. The zero-order valence-electron chi connectivity index (χ0n) is 13.2. The van der Waals surface area contributed by atoms with Gasteiger partial charge in [-0.25, -0.2) is 4.79 Å². The van der Waals surface area contributed by atoms with Crippen molar-refractivity contribution in [3.05, 3.63) is 28.8 Å². The molecule has 1 rings (SSSR count). The Morgan fingerprint density at radius 2 is 1.67 bits per heavy atom. The Morgan fingerprint density at radius 3 is 2.05 bits per heavy atom. The van der Waals surface area contributed by atoms with Crippen LogP contribution in [0.3, 0.4) is 0 Å². The van der Waals surface area contributed by atoms with Gasteiger partial charge in [-0.05, 0) is 42.7 Å². The highest BCUT2D eigenvalue weighted by atomic mass is 16.4. The first-order chi connectivity index (χ1) is 9.52. The summed E-state index contributed by atoms with van der Waals surface area (Å²) in [6.45, 7) is 8.83. The van der Waals surface area contributed by atoms with E-state index >= 15 is 0 Å². The third-order valence-electron chi connectivity index (χ3n) is 3.37. The molecule has 0 saturated carbocycles. The number of phenols is 1. The predicted molar refractivity (Wildman–Crippen MR) is 80.3 cm³/mol. The van der Waals surface area contributed by atoms with Crippen molar-refractivity contribution in [1.82, 2.24) is 5.32 Å². The minimum atomic E-state index is -1.07. The van der Waals surface area contributed by atoms with Crippen molar-refractivity contribution in [2.75, 3.05) is 0 Å². The van der Waals surface area contributed by atoms with Gasteiger partial charge in [0.05, 0.1) is 0 Å². The summed E-state index contributed by atoms with van der Waals surface area (Å²) in [5, 5.41) is 21.4. The molecule has 0 aliphatic carbocycles. The SMILES string of the molecule is Cc1cc(O)cc(C)c1C[C@H](NC(=O)C(C)(C)C)C(=O)O.